The second-order valence-corrected chi connectivity index (χ2v) is 10.5. The molecule has 2 aliphatic heterocycles. The van der Waals surface area contributed by atoms with Gasteiger partial charge in [-0.1, -0.05) is 11.2 Å². The third kappa shape index (κ3) is 5.93. The molecule has 0 spiro atoms. The van der Waals surface area contributed by atoms with Crippen molar-refractivity contribution < 1.29 is 43.1 Å². The lowest BCUT2D eigenvalue weighted by Crippen LogP contribution is -2.71. The lowest BCUT2D eigenvalue weighted by Gasteiger charge is -2.50. The van der Waals surface area contributed by atoms with E-state index >= 15 is 0 Å². The van der Waals surface area contributed by atoms with Crippen LogP contribution in [0.25, 0.3) is 0 Å². The maximum atomic E-state index is 12.9. The van der Waals surface area contributed by atoms with Crippen molar-refractivity contribution in [2.24, 2.45) is 10.9 Å². The molecular formula is C20H25FN8O7S2. The Bertz CT molecular complexity index is 1220. The average molecular weight is 573 g/mol. The van der Waals surface area contributed by atoms with Gasteiger partial charge in [0.2, 0.25) is 11.5 Å². The lowest BCUT2D eigenvalue weighted by atomic mass is 10.0. The van der Waals surface area contributed by atoms with Gasteiger partial charge in [-0.25, -0.2) is 4.39 Å². The Morgan fingerprint density at radius 2 is 2.16 bits per heavy atom. The van der Waals surface area contributed by atoms with Crippen LogP contribution in [0.4, 0.5) is 9.52 Å². The number of rotatable bonds is 12. The van der Waals surface area contributed by atoms with Gasteiger partial charge in [0, 0.05) is 17.3 Å². The van der Waals surface area contributed by atoms with Crippen LogP contribution < -0.4 is 21.9 Å². The van der Waals surface area contributed by atoms with Gasteiger partial charge < -0.3 is 41.1 Å². The molecule has 0 unspecified atom stereocenters. The van der Waals surface area contributed by atoms with Crippen LogP contribution in [0, 0.1) is 0 Å². The Balaban J connectivity index is 1.77. The van der Waals surface area contributed by atoms with Gasteiger partial charge >= 0.3 is 0 Å². The molecule has 18 heteroatoms. The Kier molecular flexibility index (Phi) is 9.02. The number of thioether (sulfide) groups is 1. The number of aliphatic hydroxyl groups is 1. The van der Waals surface area contributed by atoms with Gasteiger partial charge in [-0.3, -0.25) is 19.3 Å². The predicted octanol–water partition coefficient (Wildman–Crippen LogP) is -3.35. The SMILES string of the molecule is C[N+](C)(C/C=C/C1=C(C(=O)[O-])N2C(=O)[C@@H](NC(=O)/C(=N\OCF)c3nsc(N)n3)[C@@H]2SC1)[C@H](CO)C(N)=O. The van der Waals surface area contributed by atoms with Crippen LogP contribution in [0.2, 0.25) is 0 Å². The maximum absolute atomic E-state index is 12.9. The van der Waals surface area contributed by atoms with E-state index in [1.54, 1.807) is 20.2 Å². The number of likely N-dealkylation sites (N-methyl/N-ethyl adjacent to an activating group) is 1. The summed E-state index contributed by atoms with van der Waals surface area (Å²) < 4.78 is 16.3. The van der Waals surface area contributed by atoms with Crippen molar-refractivity contribution >= 4 is 57.8 Å². The standard InChI is InChI=1S/C20H25FN8O7S2/c1-29(2,10(6-30)14(22)31)5-3-4-9-7-37-18-12(17(33)28(18)13(9)19(34)35)24-16(32)11(26-36-8-21)15-25-20(23)38-27-15/h3-4,10,12,18,30H,5-8H2,1-2H3,(H5-,22,23,24,25,27,31,32,34,35)/b4-3+,26-11-/t10-,12-,18+/m1/s1. The van der Waals surface area contributed by atoms with Gasteiger partial charge in [0.05, 0.1) is 32.3 Å². The summed E-state index contributed by atoms with van der Waals surface area (Å²) in [6, 6.07) is -2.00. The summed E-state index contributed by atoms with van der Waals surface area (Å²) >= 11 is 1.95. The van der Waals surface area contributed by atoms with Gasteiger partial charge in [-0.2, -0.15) is 9.36 Å². The van der Waals surface area contributed by atoms with E-state index < -0.39 is 60.3 Å². The monoisotopic (exact) mass is 572 g/mol. The fourth-order valence-corrected chi connectivity index (χ4v) is 5.58. The minimum absolute atomic E-state index is 0.0122. The predicted molar refractivity (Wildman–Crippen MR) is 131 cm³/mol. The molecule has 15 nitrogen and oxygen atoms in total. The number of carbonyl (C=O) groups excluding carboxylic acids is 4. The highest BCUT2D eigenvalue weighted by Gasteiger charge is 2.53. The van der Waals surface area contributed by atoms with Crippen molar-refractivity contribution in [2.75, 3.05) is 45.6 Å². The van der Waals surface area contributed by atoms with E-state index in [1.165, 1.54) is 17.8 Å². The van der Waals surface area contributed by atoms with Crippen molar-refractivity contribution in [3.8, 4) is 0 Å². The van der Waals surface area contributed by atoms with E-state index in [0.717, 1.165) is 16.4 Å². The van der Waals surface area contributed by atoms with Crippen LogP contribution >= 0.6 is 23.3 Å². The number of primary amides is 1. The number of aliphatic hydroxyl groups excluding tert-OH is 1. The summed E-state index contributed by atoms with van der Waals surface area (Å²) in [4.78, 5) is 58.3. The molecule has 206 valence electrons. The van der Waals surface area contributed by atoms with E-state index in [1.807, 2.05) is 0 Å². The van der Waals surface area contributed by atoms with Crippen molar-refractivity contribution in [3.05, 3.63) is 29.2 Å². The highest BCUT2D eigenvalue weighted by atomic mass is 32.2. The number of carboxylic acid groups (broad SMARTS) is 1. The van der Waals surface area contributed by atoms with E-state index in [0.29, 0.717) is 0 Å². The number of aromatic nitrogens is 2. The Morgan fingerprint density at radius 3 is 2.71 bits per heavy atom. The Morgan fingerprint density at radius 1 is 1.45 bits per heavy atom. The molecule has 38 heavy (non-hydrogen) atoms. The Labute approximate surface area is 223 Å². The first-order valence-corrected chi connectivity index (χ1v) is 12.7. The number of allylic oxidation sites excluding steroid dienone is 1. The molecule has 1 saturated heterocycles. The second-order valence-electron chi connectivity index (χ2n) is 8.62. The van der Waals surface area contributed by atoms with E-state index in [-0.39, 0.29) is 39.0 Å². The number of hydrogen-bond acceptors (Lipinski definition) is 13. The second kappa shape index (κ2) is 11.8. The number of oxime groups is 1. The lowest BCUT2D eigenvalue weighted by molar-refractivity contribution is -0.900. The molecule has 0 bridgehead atoms. The molecule has 0 aliphatic carbocycles. The third-order valence-electron chi connectivity index (χ3n) is 5.79. The zero-order chi connectivity index (χ0) is 28.2. The number of nitrogens with one attached hydrogen (secondary N) is 1. The van der Waals surface area contributed by atoms with Crippen LogP contribution in [-0.4, -0.2) is 111 Å². The van der Waals surface area contributed by atoms with Gasteiger partial charge in [-0.15, -0.1) is 11.8 Å². The zero-order valence-corrected chi connectivity index (χ0v) is 21.8. The minimum atomic E-state index is -1.59. The van der Waals surface area contributed by atoms with Gasteiger partial charge in [0.25, 0.3) is 24.6 Å². The highest BCUT2D eigenvalue weighted by Crippen LogP contribution is 2.40. The fraction of sp³-hybridized carbons (Fsp3) is 0.450. The number of aliphatic carboxylic acids is 1. The maximum Gasteiger partial charge on any atom is 0.278 e. The summed E-state index contributed by atoms with van der Waals surface area (Å²) in [7, 11) is 3.35. The number of carbonyl (C=O) groups is 4. The first-order chi connectivity index (χ1) is 17.9. The number of alkyl halides is 1. The number of nitrogen functional groups attached to an aromatic ring is 1. The first kappa shape index (κ1) is 29.0. The molecule has 0 saturated carbocycles. The molecule has 1 fully saturated rings. The summed E-state index contributed by atoms with van der Waals surface area (Å²) in [6.07, 6.45) is 3.11. The number of fused-ring (bicyclic) bond motifs is 1. The van der Waals surface area contributed by atoms with Gasteiger partial charge in [0.15, 0.2) is 11.2 Å². The van der Waals surface area contributed by atoms with Crippen molar-refractivity contribution in [1.82, 2.24) is 19.6 Å². The van der Waals surface area contributed by atoms with E-state index in [9.17, 15) is 33.8 Å². The van der Waals surface area contributed by atoms with Gasteiger partial charge in [-0.05, 0) is 11.6 Å². The number of amides is 3. The molecule has 0 radical (unpaired) electrons. The average Bonchev–Trinajstić information content (AvgIpc) is 3.27. The number of halogens is 1. The molecule has 6 N–H and O–H groups in total. The third-order valence-corrected chi connectivity index (χ3v) is 7.64. The number of quaternary nitrogens is 1. The molecule has 3 atom stereocenters. The number of anilines is 1. The van der Waals surface area contributed by atoms with Crippen LogP contribution in [0.1, 0.15) is 5.82 Å². The van der Waals surface area contributed by atoms with Crippen molar-refractivity contribution in [3.63, 3.8) is 0 Å². The number of carboxylic acids is 1. The summed E-state index contributed by atoms with van der Waals surface area (Å²) in [5.41, 5.74) is 10.3. The number of β-lactam (4-membered cyclic amide) rings is 1. The molecule has 1 aromatic rings. The summed E-state index contributed by atoms with van der Waals surface area (Å²) in [5.74, 6) is -4.03. The zero-order valence-electron chi connectivity index (χ0n) is 20.2. The topological polar surface area (TPSA) is 226 Å². The number of nitrogens with zero attached hydrogens (tertiary/aromatic N) is 5. The smallest absolute Gasteiger partial charge is 0.278 e. The first-order valence-electron chi connectivity index (χ1n) is 10.9. The summed E-state index contributed by atoms with van der Waals surface area (Å²) in [6.45, 7) is -1.58. The van der Waals surface area contributed by atoms with Crippen LogP contribution in [-0.2, 0) is 24.0 Å². The van der Waals surface area contributed by atoms with E-state index in [2.05, 4.69) is 24.7 Å². The number of hydrogen-bond donors (Lipinski definition) is 4. The quantitative estimate of drug-likeness (QED) is 0.0837. The molecule has 3 amide bonds. The van der Waals surface area contributed by atoms with Gasteiger partial charge in [0.1, 0.15) is 18.0 Å². The molecule has 3 rings (SSSR count). The molecular weight excluding hydrogens is 547 g/mol. The van der Waals surface area contributed by atoms with Crippen molar-refractivity contribution in [2.45, 2.75) is 17.5 Å². The molecule has 3 heterocycles. The Hall–Kier alpha value is -3.61. The molecule has 0 aromatic carbocycles. The van der Waals surface area contributed by atoms with Crippen LogP contribution in [0.15, 0.2) is 28.6 Å². The largest absolute Gasteiger partial charge is 0.543 e. The van der Waals surface area contributed by atoms with Crippen molar-refractivity contribution in [1.29, 1.82) is 0 Å². The normalized spacial score (nSPS) is 20.7. The van der Waals surface area contributed by atoms with E-state index in [4.69, 9.17) is 11.5 Å². The summed E-state index contributed by atoms with van der Waals surface area (Å²) in [5, 5.41) is 26.5. The fourth-order valence-electron chi connectivity index (χ4n) is 3.82. The number of nitrogens with two attached hydrogens (primary N) is 2. The van der Waals surface area contributed by atoms with Crippen LogP contribution in [0.5, 0.6) is 0 Å². The minimum Gasteiger partial charge on any atom is -0.543 e. The highest BCUT2D eigenvalue weighted by molar-refractivity contribution is 8.00. The molecule has 1 aromatic heterocycles. The molecule has 2 aliphatic rings. The van der Waals surface area contributed by atoms with Crippen LogP contribution in [0.3, 0.4) is 0 Å².